The fraction of sp³-hybridized carbons (Fsp3) is 0.435. The highest BCUT2D eigenvalue weighted by molar-refractivity contribution is 7.18. The van der Waals surface area contributed by atoms with Gasteiger partial charge in [-0.15, -0.1) is 11.3 Å². The summed E-state index contributed by atoms with van der Waals surface area (Å²) in [5, 5.41) is 9.74. The van der Waals surface area contributed by atoms with Gasteiger partial charge in [0.15, 0.2) is 0 Å². The lowest BCUT2D eigenvalue weighted by atomic mass is 9.89. The van der Waals surface area contributed by atoms with Crippen LogP contribution in [-0.2, 0) is 25.8 Å². The van der Waals surface area contributed by atoms with Crippen molar-refractivity contribution in [2.45, 2.75) is 52.0 Å². The standard InChI is InChI=1S/C23H25N3O2S/c1-15-9-10-17-19(13-15)29-22-21(17)23(27)26(12-6-5-11-24)20(25-22)14-16-7-3-4-8-18(16)28-2/h3-4,7-8,15H,5-6,9-10,12-14H2,1-2H3. The van der Waals surface area contributed by atoms with Crippen LogP contribution in [0.3, 0.4) is 0 Å². The molecule has 0 amide bonds. The largest absolute Gasteiger partial charge is 0.496 e. The average Bonchev–Trinajstić information content (AvgIpc) is 3.08. The molecule has 29 heavy (non-hydrogen) atoms. The molecule has 4 rings (SSSR count). The Morgan fingerprint density at radius 3 is 3.00 bits per heavy atom. The van der Waals surface area contributed by atoms with Crippen molar-refractivity contribution in [1.29, 1.82) is 5.26 Å². The van der Waals surface area contributed by atoms with Crippen molar-refractivity contribution in [3.05, 3.63) is 56.4 Å². The number of thiophene rings is 1. The number of rotatable bonds is 6. The first-order chi connectivity index (χ1) is 14.1. The molecule has 0 N–H and O–H groups in total. The molecule has 0 fully saturated rings. The highest BCUT2D eigenvalue weighted by atomic mass is 32.1. The molecule has 1 aromatic carbocycles. The van der Waals surface area contributed by atoms with Crippen LogP contribution in [0.4, 0.5) is 0 Å². The zero-order valence-electron chi connectivity index (χ0n) is 16.9. The number of hydrogen-bond donors (Lipinski definition) is 0. The lowest BCUT2D eigenvalue weighted by Crippen LogP contribution is -2.26. The molecule has 1 unspecified atom stereocenters. The Morgan fingerprint density at radius 1 is 1.38 bits per heavy atom. The number of nitrogens with zero attached hydrogens (tertiary/aromatic N) is 3. The molecular weight excluding hydrogens is 382 g/mol. The molecular formula is C23H25N3O2S. The van der Waals surface area contributed by atoms with E-state index in [-0.39, 0.29) is 5.56 Å². The predicted octanol–water partition coefficient (Wildman–Crippen LogP) is 4.49. The van der Waals surface area contributed by atoms with Crippen LogP contribution < -0.4 is 10.3 Å². The molecule has 2 heterocycles. The summed E-state index contributed by atoms with van der Waals surface area (Å²) >= 11 is 1.68. The lowest BCUT2D eigenvalue weighted by molar-refractivity contribution is 0.410. The van der Waals surface area contributed by atoms with Crippen LogP contribution >= 0.6 is 11.3 Å². The average molecular weight is 408 g/mol. The van der Waals surface area contributed by atoms with E-state index in [9.17, 15) is 4.79 Å². The van der Waals surface area contributed by atoms with E-state index in [1.807, 2.05) is 24.3 Å². The molecule has 150 valence electrons. The van der Waals surface area contributed by atoms with Gasteiger partial charge in [0.2, 0.25) is 0 Å². The fourth-order valence-corrected chi connectivity index (χ4v) is 5.56. The normalized spacial score (nSPS) is 15.8. The Bertz CT molecular complexity index is 1140. The van der Waals surface area contributed by atoms with Gasteiger partial charge in [0.05, 0.1) is 18.6 Å². The van der Waals surface area contributed by atoms with Gasteiger partial charge >= 0.3 is 0 Å². The number of unbranched alkanes of at least 4 members (excludes halogenated alkanes) is 1. The molecule has 0 saturated carbocycles. The molecule has 0 spiro atoms. The van der Waals surface area contributed by atoms with Gasteiger partial charge in [0.25, 0.3) is 5.56 Å². The maximum atomic E-state index is 13.5. The van der Waals surface area contributed by atoms with Gasteiger partial charge in [-0.05, 0) is 43.2 Å². The molecule has 5 nitrogen and oxygen atoms in total. The Labute approximate surface area is 174 Å². The van der Waals surface area contributed by atoms with Crippen LogP contribution in [0.1, 0.15) is 48.0 Å². The molecule has 1 aliphatic carbocycles. The van der Waals surface area contributed by atoms with Crippen molar-refractivity contribution in [2.75, 3.05) is 7.11 Å². The molecule has 1 atom stereocenters. The van der Waals surface area contributed by atoms with Gasteiger partial charge in [-0.1, -0.05) is 25.1 Å². The molecule has 1 aliphatic rings. The zero-order valence-corrected chi connectivity index (χ0v) is 17.7. The number of para-hydroxylation sites is 1. The van der Waals surface area contributed by atoms with E-state index in [1.54, 1.807) is 23.0 Å². The topological polar surface area (TPSA) is 67.9 Å². The minimum absolute atomic E-state index is 0.0462. The second-order valence-corrected chi connectivity index (χ2v) is 8.85. The number of methoxy groups -OCH3 is 1. The molecule has 3 aromatic rings. The van der Waals surface area contributed by atoms with Crippen molar-refractivity contribution < 1.29 is 4.74 Å². The summed E-state index contributed by atoms with van der Waals surface area (Å²) in [6, 6.07) is 10.0. The number of aryl methyl sites for hydroxylation is 1. The van der Waals surface area contributed by atoms with Crippen LogP contribution in [0.2, 0.25) is 0 Å². The summed E-state index contributed by atoms with van der Waals surface area (Å²) in [4.78, 5) is 20.7. The summed E-state index contributed by atoms with van der Waals surface area (Å²) in [5.41, 5.74) is 2.26. The first-order valence-corrected chi connectivity index (χ1v) is 11.0. The van der Waals surface area contributed by atoms with Gasteiger partial charge in [0, 0.05) is 29.8 Å². The zero-order chi connectivity index (χ0) is 20.4. The van der Waals surface area contributed by atoms with E-state index < -0.39 is 0 Å². The van der Waals surface area contributed by atoms with Crippen LogP contribution in [0.25, 0.3) is 10.2 Å². The van der Waals surface area contributed by atoms with Gasteiger partial charge in [-0.2, -0.15) is 5.26 Å². The van der Waals surface area contributed by atoms with Crippen molar-refractivity contribution in [3.63, 3.8) is 0 Å². The maximum Gasteiger partial charge on any atom is 0.262 e. The highest BCUT2D eigenvalue weighted by Gasteiger charge is 2.24. The summed E-state index contributed by atoms with van der Waals surface area (Å²) in [6.07, 6.45) is 4.71. The maximum absolute atomic E-state index is 13.5. The lowest BCUT2D eigenvalue weighted by Gasteiger charge is -2.18. The van der Waals surface area contributed by atoms with Gasteiger partial charge < -0.3 is 4.74 Å². The van der Waals surface area contributed by atoms with Gasteiger partial charge in [0.1, 0.15) is 16.4 Å². The number of aromatic nitrogens is 2. The molecule has 0 aliphatic heterocycles. The summed E-state index contributed by atoms with van der Waals surface area (Å²) in [7, 11) is 1.66. The van der Waals surface area contributed by atoms with Crippen molar-refractivity contribution >= 4 is 21.6 Å². The minimum Gasteiger partial charge on any atom is -0.496 e. The monoisotopic (exact) mass is 407 g/mol. The van der Waals surface area contributed by atoms with Crippen molar-refractivity contribution in [1.82, 2.24) is 9.55 Å². The van der Waals surface area contributed by atoms with Crippen LogP contribution in [-0.4, -0.2) is 16.7 Å². The number of nitriles is 1. The molecule has 0 radical (unpaired) electrons. The van der Waals surface area contributed by atoms with Crippen LogP contribution in [0.15, 0.2) is 29.1 Å². The summed E-state index contributed by atoms with van der Waals surface area (Å²) in [6.45, 7) is 2.79. The van der Waals surface area contributed by atoms with E-state index in [0.29, 0.717) is 31.7 Å². The highest BCUT2D eigenvalue weighted by Crippen LogP contribution is 2.36. The summed E-state index contributed by atoms with van der Waals surface area (Å²) in [5.74, 6) is 2.20. The van der Waals surface area contributed by atoms with E-state index in [4.69, 9.17) is 15.0 Å². The molecule has 0 saturated heterocycles. The minimum atomic E-state index is 0.0462. The third-order valence-electron chi connectivity index (χ3n) is 5.71. The SMILES string of the molecule is COc1ccccc1Cc1nc2sc3c(c2c(=O)n1CCCC#N)CCC(C)C3. The Kier molecular flexibility index (Phi) is 5.68. The quantitative estimate of drug-likeness (QED) is 0.565. The Balaban J connectivity index is 1.84. The number of benzene rings is 1. The second-order valence-electron chi connectivity index (χ2n) is 7.77. The summed E-state index contributed by atoms with van der Waals surface area (Å²) < 4.78 is 7.28. The first-order valence-electron chi connectivity index (χ1n) is 10.1. The van der Waals surface area contributed by atoms with Gasteiger partial charge in [-0.25, -0.2) is 4.98 Å². The van der Waals surface area contributed by atoms with Crippen molar-refractivity contribution in [2.24, 2.45) is 5.92 Å². The number of fused-ring (bicyclic) bond motifs is 3. The Hall–Kier alpha value is -2.65. The third kappa shape index (κ3) is 3.79. The molecule has 2 aromatic heterocycles. The smallest absolute Gasteiger partial charge is 0.262 e. The molecule has 6 heteroatoms. The van der Waals surface area contributed by atoms with Crippen LogP contribution in [0, 0.1) is 17.2 Å². The fourth-order valence-electron chi connectivity index (χ4n) is 4.17. The predicted molar refractivity (Wildman–Crippen MR) is 116 cm³/mol. The van der Waals surface area contributed by atoms with E-state index in [2.05, 4.69) is 13.0 Å². The van der Waals surface area contributed by atoms with E-state index in [1.165, 1.54) is 10.4 Å². The Morgan fingerprint density at radius 2 is 2.21 bits per heavy atom. The third-order valence-corrected chi connectivity index (χ3v) is 6.85. The first kappa shape index (κ1) is 19.7. The van der Waals surface area contributed by atoms with Gasteiger partial charge in [-0.3, -0.25) is 9.36 Å². The molecule has 0 bridgehead atoms. The second kappa shape index (κ2) is 8.38. The van der Waals surface area contributed by atoms with Crippen molar-refractivity contribution in [3.8, 4) is 11.8 Å². The van der Waals surface area contributed by atoms with Crippen LogP contribution in [0.5, 0.6) is 5.75 Å². The number of hydrogen-bond acceptors (Lipinski definition) is 5. The van der Waals surface area contributed by atoms with E-state index >= 15 is 0 Å². The number of ether oxygens (including phenoxy) is 1. The van der Waals surface area contributed by atoms with E-state index in [0.717, 1.165) is 46.6 Å².